The summed E-state index contributed by atoms with van der Waals surface area (Å²) >= 11 is 0. The number of benzene rings is 3. The molecule has 5 heteroatoms. The van der Waals surface area contributed by atoms with Crippen LogP contribution in [0.2, 0.25) is 0 Å². The van der Waals surface area contributed by atoms with Gasteiger partial charge in [0.15, 0.2) is 5.79 Å². The van der Waals surface area contributed by atoms with Gasteiger partial charge in [0.1, 0.15) is 0 Å². The second kappa shape index (κ2) is 19.1. The highest BCUT2D eigenvalue weighted by Crippen LogP contribution is 2.32. The lowest BCUT2D eigenvalue weighted by Crippen LogP contribution is -2.55. The van der Waals surface area contributed by atoms with Crippen LogP contribution < -0.4 is 0 Å². The van der Waals surface area contributed by atoms with Gasteiger partial charge in [-0.2, -0.15) is 0 Å². The molecule has 2 aliphatic heterocycles. The number of hydrogen-bond donors (Lipinski definition) is 0. The standard InChI is InChI=1S/C41H55NO4/c1-2-41(45-29-30-46-41)28-18-7-5-3-4-6-17-25-38-26-27-40(44-33-37-23-15-10-16-24-37)39(34-43-32-36-21-13-9-14-22-36)42(38)31-35-19-11-8-12-20-35/h6,8-17,19-24,38-40H,2-5,7,18,25-34H2,1H3/b17-6-/t38-,39-,40+/m1/s1. The highest BCUT2D eigenvalue weighted by Gasteiger charge is 2.38. The van der Waals surface area contributed by atoms with E-state index in [-0.39, 0.29) is 17.9 Å². The van der Waals surface area contributed by atoms with Crippen molar-refractivity contribution in [3.63, 3.8) is 0 Å². The van der Waals surface area contributed by atoms with E-state index in [0.717, 1.165) is 58.3 Å². The van der Waals surface area contributed by atoms with Gasteiger partial charge in [0.2, 0.25) is 0 Å². The van der Waals surface area contributed by atoms with Gasteiger partial charge in [-0.1, -0.05) is 123 Å². The minimum absolute atomic E-state index is 0.117. The van der Waals surface area contributed by atoms with E-state index in [9.17, 15) is 0 Å². The fourth-order valence-corrected chi connectivity index (χ4v) is 6.94. The molecule has 248 valence electrons. The molecule has 2 saturated heterocycles. The average Bonchev–Trinajstić information content (AvgIpc) is 3.58. The van der Waals surface area contributed by atoms with Gasteiger partial charge in [-0.25, -0.2) is 0 Å². The second-order valence-electron chi connectivity index (χ2n) is 12.9. The Morgan fingerprint density at radius 2 is 1.37 bits per heavy atom. The molecule has 0 radical (unpaired) electrons. The van der Waals surface area contributed by atoms with Gasteiger partial charge in [-0.3, -0.25) is 4.90 Å². The van der Waals surface area contributed by atoms with Gasteiger partial charge in [-0.15, -0.1) is 0 Å². The lowest BCUT2D eigenvalue weighted by atomic mass is 9.90. The monoisotopic (exact) mass is 625 g/mol. The largest absolute Gasteiger partial charge is 0.375 e. The molecule has 3 aromatic rings. The van der Waals surface area contributed by atoms with E-state index in [1.54, 1.807) is 0 Å². The minimum atomic E-state index is -0.304. The highest BCUT2D eigenvalue weighted by molar-refractivity contribution is 5.17. The van der Waals surface area contributed by atoms with E-state index < -0.39 is 0 Å². The molecule has 2 fully saturated rings. The summed E-state index contributed by atoms with van der Waals surface area (Å²) in [6.07, 6.45) is 16.2. The number of likely N-dealkylation sites (tertiary alicyclic amines) is 1. The predicted molar refractivity (Wildman–Crippen MR) is 186 cm³/mol. The van der Waals surface area contributed by atoms with Gasteiger partial charge in [-0.05, 0) is 61.6 Å². The Balaban J connectivity index is 1.17. The van der Waals surface area contributed by atoms with Crippen LogP contribution in [0.1, 0.15) is 87.8 Å². The molecular weight excluding hydrogens is 570 g/mol. The van der Waals surface area contributed by atoms with Gasteiger partial charge >= 0.3 is 0 Å². The summed E-state index contributed by atoms with van der Waals surface area (Å²) < 4.78 is 24.9. The predicted octanol–water partition coefficient (Wildman–Crippen LogP) is 9.26. The van der Waals surface area contributed by atoms with Crippen LogP contribution in [0.25, 0.3) is 0 Å². The van der Waals surface area contributed by atoms with Crippen molar-refractivity contribution in [3.8, 4) is 0 Å². The van der Waals surface area contributed by atoms with Crippen LogP contribution in [0, 0.1) is 0 Å². The summed E-state index contributed by atoms with van der Waals surface area (Å²) in [5, 5.41) is 0. The molecule has 0 bridgehead atoms. The van der Waals surface area contributed by atoms with E-state index in [1.165, 1.54) is 42.4 Å². The lowest BCUT2D eigenvalue weighted by Gasteiger charge is -2.46. The zero-order chi connectivity index (χ0) is 31.7. The Bertz CT molecular complexity index is 1250. The number of allylic oxidation sites excluding steroid dienone is 1. The van der Waals surface area contributed by atoms with Crippen molar-refractivity contribution in [1.82, 2.24) is 4.90 Å². The Morgan fingerprint density at radius 1 is 0.739 bits per heavy atom. The molecule has 3 aromatic carbocycles. The summed E-state index contributed by atoms with van der Waals surface area (Å²) in [7, 11) is 0. The first kappa shape index (κ1) is 34.5. The maximum atomic E-state index is 6.68. The normalized spacial score (nSPS) is 21.6. The van der Waals surface area contributed by atoms with Crippen LogP contribution in [-0.4, -0.2) is 48.7 Å². The highest BCUT2D eigenvalue weighted by atomic mass is 16.7. The Labute approximate surface area is 277 Å². The van der Waals surface area contributed by atoms with Crippen molar-refractivity contribution in [2.24, 2.45) is 0 Å². The Morgan fingerprint density at radius 3 is 2.04 bits per heavy atom. The number of unbranched alkanes of at least 4 members (excludes halogenated alkanes) is 4. The van der Waals surface area contributed by atoms with Crippen molar-refractivity contribution in [3.05, 3.63) is 120 Å². The molecule has 0 N–H and O–H groups in total. The summed E-state index contributed by atoms with van der Waals surface area (Å²) in [4.78, 5) is 2.68. The second-order valence-corrected chi connectivity index (χ2v) is 12.9. The summed E-state index contributed by atoms with van der Waals surface area (Å²) in [5.74, 6) is -0.304. The number of nitrogens with zero attached hydrogens (tertiary/aromatic N) is 1. The smallest absolute Gasteiger partial charge is 0.168 e. The van der Waals surface area contributed by atoms with Crippen molar-refractivity contribution < 1.29 is 18.9 Å². The fraction of sp³-hybridized carbons (Fsp3) is 0.512. The van der Waals surface area contributed by atoms with Crippen LogP contribution in [0.3, 0.4) is 0 Å². The van der Waals surface area contributed by atoms with Crippen LogP contribution in [0.15, 0.2) is 103 Å². The van der Waals surface area contributed by atoms with Gasteiger partial charge < -0.3 is 18.9 Å². The zero-order valence-electron chi connectivity index (χ0n) is 27.9. The minimum Gasteiger partial charge on any atom is -0.375 e. The van der Waals surface area contributed by atoms with Gasteiger partial charge in [0, 0.05) is 19.0 Å². The molecule has 2 heterocycles. The first-order chi connectivity index (χ1) is 22.7. The fourth-order valence-electron chi connectivity index (χ4n) is 6.94. The molecule has 0 aromatic heterocycles. The molecule has 0 amide bonds. The first-order valence-electron chi connectivity index (χ1n) is 17.7. The van der Waals surface area contributed by atoms with E-state index in [4.69, 9.17) is 18.9 Å². The molecule has 0 aliphatic carbocycles. The molecule has 3 atom stereocenters. The van der Waals surface area contributed by atoms with Crippen molar-refractivity contribution in [1.29, 1.82) is 0 Å². The molecule has 5 rings (SSSR count). The van der Waals surface area contributed by atoms with Gasteiger partial charge in [0.25, 0.3) is 0 Å². The van der Waals surface area contributed by atoms with E-state index in [2.05, 4.69) is 115 Å². The van der Waals surface area contributed by atoms with Crippen LogP contribution in [0.4, 0.5) is 0 Å². The number of rotatable bonds is 19. The van der Waals surface area contributed by atoms with E-state index >= 15 is 0 Å². The zero-order valence-corrected chi connectivity index (χ0v) is 27.9. The Hall–Kier alpha value is -2.80. The molecule has 2 aliphatic rings. The lowest BCUT2D eigenvalue weighted by molar-refractivity contribution is -0.164. The van der Waals surface area contributed by atoms with E-state index in [0.29, 0.717) is 25.9 Å². The van der Waals surface area contributed by atoms with Crippen LogP contribution >= 0.6 is 0 Å². The quantitative estimate of drug-likeness (QED) is 0.0981. The number of hydrogen-bond acceptors (Lipinski definition) is 5. The molecule has 5 nitrogen and oxygen atoms in total. The molecule has 46 heavy (non-hydrogen) atoms. The Kier molecular flexibility index (Phi) is 14.4. The van der Waals surface area contributed by atoms with E-state index in [1.807, 2.05) is 0 Å². The van der Waals surface area contributed by atoms with Crippen molar-refractivity contribution >= 4 is 0 Å². The van der Waals surface area contributed by atoms with Crippen molar-refractivity contribution in [2.45, 2.75) is 115 Å². The third-order valence-electron chi connectivity index (χ3n) is 9.63. The third kappa shape index (κ3) is 10.9. The topological polar surface area (TPSA) is 40.2 Å². The van der Waals surface area contributed by atoms with Crippen LogP contribution in [0.5, 0.6) is 0 Å². The maximum absolute atomic E-state index is 6.68. The summed E-state index contributed by atoms with van der Waals surface area (Å²) in [6, 6.07) is 32.6. The molecule has 0 spiro atoms. The maximum Gasteiger partial charge on any atom is 0.168 e. The molecule has 0 saturated carbocycles. The average molecular weight is 626 g/mol. The molecule has 0 unspecified atom stereocenters. The molecular formula is C41H55NO4. The SMILES string of the molecule is CCC1(CCCCCC/C=C\C[C@@H]2CC[C@H](OCc3ccccc3)[C@@H](COCc3ccccc3)N2Cc2ccccc2)OCCO1. The van der Waals surface area contributed by atoms with Crippen molar-refractivity contribution in [2.75, 3.05) is 19.8 Å². The number of ether oxygens (including phenoxy) is 4. The summed E-state index contributed by atoms with van der Waals surface area (Å²) in [5.41, 5.74) is 3.77. The van der Waals surface area contributed by atoms with Crippen LogP contribution in [-0.2, 0) is 38.7 Å². The first-order valence-corrected chi connectivity index (χ1v) is 17.7. The van der Waals surface area contributed by atoms with Gasteiger partial charge in [0.05, 0.1) is 45.2 Å². The third-order valence-corrected chi connectivity index (χ3v) is 9.63. The summed E-state index contributed by atoms with van der Waals surface area (Å²) in [6.45, 7) is 6.45. The number of piperidine rings is 1.